The molecule has 2 aromatic carbocycles. The lowest BCUT2D eigenvalue weighted by Gasteiger charge is -2.30. The van der Waals surface area contributed by atoms with E-state index < -0.39 is 17.5 Å². The molecule has 2 fully saturated rings. The molecule has 2 aliphatic carbocycles. The number of methoxy groups -OCH3 is 2. The van der Waals surface area contributed by atoms with Gasteiger partial charge in [-0.25, -0.2) is 13.2 Å². The van der Waals surface area contributed by atoms with Crippen molar-refractivity contribution >= 4 is 0 Å². The van der Waals surface area contributed by atoms with E-state index in [1.54, 1.807) is 31.4 Å². The van der Waals surface area contributed by atoms with Crippen LogP contribution in [-0.2, 0) is 4.74 Å². The van der Waals surface area contributed by atoms with Crippen LogP contribution in [0, 0.1) is 23.4 Å². The van der Waals surface area contributed by atoms with Gasteiger partial charge in [0.05, 0.1) is 19.8 Å². The van der Waals surface area contributed by atoms with Gasteiger partial charge in [-0.1, -0.05) is 12.1 Å². The van der Waals surface area contributed by atoms with Crippen molar-refractivity contribution in [2.45, 2.75) is 69.3 Å². The van der Waals surface area contributed by atoms with E-state index in [9.17, 15) is 8.78 Å². The van der Waals surface area contributed by atoms with Crippen LogP contribution in [0.2, 0.25) is 0 Å². The van der Waals surface area contributed by atoms with Crippen LogP contribution < -0.4 is 9.47 Å². The van der Waals surface area contributed by atoms with Gasteiger partial charge in [0.25, 0.3) is 0 Å². The van der Waals surface area contributed by atoms with Crippen molar-refractivity contribution in [1.29, 1.82) is 0 Å². The van der Waals surface area contributed by atoms with Crippen LogP contribution in [0.25, 0.3) is 0 Å². The smallest absolute Gasteiger partial charge is 0.168 e. The summed E-state index contributed by atoms with van der Waals surface area (Å²) in [6.07, 6.45) is 6.99. The monoisotopic (exact) mass is 462 g/mol. The van der Waals surface area contributed by atoms with Gasteiger partial charge in [-0.15, -0.1) is 0 Å². The van der Waals surface area contributed by atoms with Crippen LogP contribution in [0.4, 0.5) is 13.2 Å². The molecule has 0 spiro atoms. The predicted octanol–water partition coefficient (Wildman–Crippen LogP) is 7.14. The Morgan fingerprint density at radius 3 is 1.85 bits per heavy atom. The number of halogens is 3. The summed E-state index contributed by atoms with van der Waals surface area (Å²) in [5, 5.41) is 0. The van der Waals surface area contributed by atoms with Crippen LogP contribution in [0.1, 0.15) is 74.3 Å². The van der Waals surface area contributed by atoms with E-state index in [-0.39, 0.29) is 23.7 Å². The molecule has 0 atom stereocenters. The van der Waals surface area contributed by atoms with Crippen LogP contribution in [0.3, 0.4) is 0 Å². The highest BCUT2D eigenvalue weighted by Gasteiger charge is 2.30. The molecule has 33 heavy (non-hydrogen) atoms. The van der Waals surface area contributed by atoms with Gasteiger partial charge in [0.2, 0.25) is 0 Å². The van der Waals surface area contributed by atoms with Crippen LogP contribution in [0.5, 0.6) is 11.5 Å². The first-order valence-electron chi connectivity index (χ1n) is 12.0. The Labute approximate surface area is 194 Å². The van der Waals surface area contributed by atoms with Gasteiger partial charge in [0.15, 0.2) is 23.2 Å². The van der Waals surface area contributed by atoms with Crippen molar-refractivity contribution in [3.05, 3.63) is 58.9 Å². The highest BCUT2D eigenvalue weighted by molar-refractivity contribution is 5.33. The molecular weight excluding hydrogens is 429 g/mol. The molecule has 0 saturated heterocycles. The van der Waals surface area contributed by atoms with Crippen LogP contribution >= 0.6 is 0 Å². The maximum atomic E-state index is 15.0. The standard InChI is InChI=1S/C27H33F3O3/c1-31-20-9-7-19(8-10-20)23-13-12-22(26(29)27(23)30)18-5-3-17(4-6-18)16-33-21-11-14-25(32-2)24(28)15-21/h11-15,17-20H,3-10,16H2,1-2H3. The third-order valence-corrected chi connectivity index (χ3v) is 7.48. The molecule has 2 saturated carbocycles. The van der Waals surface area contributed by atoms with E-state index in [2.05, 4.69) is 0 Å². The fraction of sp³-hybridized carbons (Fsp3) is 0.556. The minimum absolute atomic E-state index is 0.0208. The Balaban J connectivity index is 1.32. The Hall–Kier alpha value is -2.21. The minimum atomic E-state index is -0.672. The van der Waals surface area contributed by atoms with Gasteiger partial charge in [-0.05, 0) is 92.4 Å². The highest BCUT2D eigenvalue weighted by Crippen LogP contribution is 2.41. The lowest BCUT2D eigenvalue weighted by atomic mass is 9.77. The van der Waals surface area contributed by atoms with Gasteiger partial charge >= 0.3 is 0 Å². The Kier molecular flexibility index (Phi) is 7.84. The molecule has 0 bridgehead atoms. The second-order valence-corrected chi connectivity index (χ2v) is 9.41. The highest BCUT2D eigenvalue weighted by atomic mass is 19.2. The maximum absolute atomic E-state index is 15.0. The van der Waals surface area contributed by atoms with Crippen molar-refractivity contribution in [2.75, 3.05) is 20.8 Å². The molecule has 2 aliphatic rings. The fourth-order valence-electron chi connectivity index (χ4n) is 5.41. The molecule has 6 heteroatoms. The van der Waals surface area contributed by atoms with E-state index in [4.69, 9.17) is 14.2 Å². The number of benzene rings is 2. The van der Waals surface area contributed by atoms with E-state index in [1.165, 1.54) is 13.2 Å². The van der Waals surface area contributed by atoms with E-state index in [1.807, 2.05) is 0 Å². The summed E-state index contributed by atoms with van der Waals surface area (Å²) in [5.41, 5.74) is 1.01. The molecule has 0 radical (unpaired) electrons. The molecule has 0 unspecified atom stereocenters. The average Bonchev–Trinajstić information content (AvgIpc) is 2.85. The van der Waals surface area contributed by atoms with Crippen LogP contribution in [-0.4, -0.2) is 26.9 Å². The number of rotatable bonds is 7. The van der Waals surface area contributed by atoms with Gasteiger partial charge < -0.3 is 14.2 Å². The van der Waals surface area contributed by atoms with Crippen molar-refractivity contribution in [3.63, 3.8) is 0 Å². The van der Waals surface area contributed by atoms with Crippen molar-refractivity contribution in [1.82, 2.24) is 0 Å². The summed E-state index contributed by atoms with van der Waals surface area (Å²) in [6, 6.07) is 8.17. The largest absolute Gasteiger partial charge is 0.494 e. The second kappa shape index (κ2) is 10.8. The minimum Gasteiger partial charge on any atom is -0.494 e. The lowest BCUT2D eigenvalue weighted by Crippen LogP contribution is -2.21. The van der Waals surface area contributed by atoms with Gasteiger partial charge in [0, 0.05) is 13.2 Å². The third-order valence-electron chi connectivity index (χ3n) is 7.48. The average molecular weight is 463 g/mol. The first-order valence-corrected chi connectivity index (χ1v) is 12.0. The van der Waals surface area contributed by atoms with Gasteiger partial charge in [-0.3, -0.25) is 0 Å². The summed E-state index contributed by atoms with van der Waals surface area (Å²) >= 11 is 0. The van der Waals surface area contributed by atoms with Crippen molar-refractivity contribution < 1.29 is 27.4 Å². The number of hydrogen-bond donors (Lipinski definition) is 0. The lowest BCUT2D eigenvalue weighted by molar-refractivity contribution is 0.0655. The fourth-order valence-corrected chi connectivity index (χ4v) is 5.41. The summed E-state index contributed by atoms with van der Waals surface area (Å²) in [7, 11) is 3.13. The molecule has 0 amide bonds. The first-order chi connectivity index (χ1) is 16.0. The Bertz CT molecular complexity index is 932. The zero-order valence-electron chi connectivity index (χ0n) is 19.4. The summed E-state index contributed by atoms with van der Waals surface area (Å²) in [6.45, 7) is 0.485. The van der Waals surface area contributed by atoms with Crippen molar-refractivity contribution in [2.24, 2.45) is 5.92 Å². The normalized spacial score (nSPS) is 25.6. The molecule has 0 N–H and O–H groups in total. The Morgan fingerprint density at radius 2 is 1.33 bits per heavy atom. The van der Waals surface area contributed by atoms with Crippen molar-refractivity contribution in [3.8, 4) is 11.5 Å². The Morgan fingerprint density at radius 1 is 0.758 bits per heavy atom. The molecule has 0 aromatic heterocycles. The van der Waals surface area contributed by atoms with Crippen LogP contribution in [0.15, 0.2) is 30.3 Å². The zero-order chi connectivity index (χ0) is 23.4. The molecule has 4 rings (SSSR count). The topological polar surface area (TPSA) is 27.7 Å². The van der Waals surface area contributed by atoms with E-state index in [0.717, 1.165) is 51.4 Å². The predicted molar refractivity (Wildman–Crippen MR) is 122 cm³/mol. The first kappa shape index (κ1) is 23.9. The number of ether oxygens (including phenoxy) is 3. The quantitative estimate of drug-likeness (QED) is 0.438. The molecule has 0 heterocycles. The van der Waals surface area contributed by atoms with Gasteiger partial charge in [0.1, 0.15) is 5.75 Å². The molecule has 2 aromatic rings. The second-order valence-electron chi connectivity index (χ2n) is 9.41. The van der Waals surface area contributed by atoms with E-state index >= 15 is 4.39 Å². The SMILES string of the molecule is COc1ccc(OCC2CCC(c3ccc(C4CCC(OC)CC4)c(F)c3F)CC2)cc1F. The zero-order valence-corrected chi connectivity index (χ0v) is 19.4. The molecule has 0 aliphatic heterocycles. The third kappa shape index (κ3) is 5.48. The van der Waals surface area contributed by atoms with E-state index in [0.29, 0.717) is 29.4 Å². The molecular formula is C27H33F3O3. The maximum Gasteiger partial charge on any atom is 0.168 e. The summed E-state index contributed by atoms with van der Waals surface area (Å²) in [5.74, 6) is -0.733. The summed E-state index contributed by atoms with van der Waals surface area (Å²) in [4.78, 5) is 0. The number of hydrogen-bond acceptors (Lipinski definition) is 3. The molecule has 180 valence electrons. The summed E-state index contributed by atoms with van der Waals surface area (Å²) < 4.78 is 59.9. The molecule has 3 nitrogen and oxygen atoms in total. The van der Waals surface area contributed by atoms with Gasteiger partial charge in [-0.2, -0.15) is 0 Å².